The maximum absolute atomic E-state index is 6.44. The molecular weight excluding hydrogens is 274 g/mol. The first-order valence-electron chi connectivity index (χ1n) is 7.47. The van der Waals surface area contributed by atoms with Gasteiger partial charge < -0.3 is 15.2 Å². The molecule has 1 aromatic carbocycles. The predicted octanol–water partition coefficient (Wildman–Crippen LogP) is 3.44. The lowest BCUT2D eigenvalue weighted by Crippen LogP contribution is -2.32. The van der Waals surface area contributed by atoms with Crippen molar-refractivity contribution >= 4 is 11.6 Å². The molecule has 1 fully saturated rings. The van der Waals surface area contributed by atoms with Crippen LogP contribution in [0.2, 0.25) is 5.02 Å². The summed E-state index contributed by atoms with van der Waals surface area (Å²) in [6.45, 7) is 5.58. The fourth-order valence-electron chi connectivity index (χ4n) is 3.24. The van der Waals surface area contributed by atoms with Crippen molar-refractivity contribution in [2.45, 2.75) is 51.0 Å². The molecule has 2 aliphatic rings. The third-order valence-electron chi connectivity index (χ3n) is 4.63. The summed E-state index contributed by atoms with van der Waals surface area (Å²) in [4.78, 5) is 0. The number of rotatable bonds is 3. The van der Waals surface area contributed by atoms with Crippen LogP contribution in [0.15, 0.2) is 6.07 Å². The van der Waals surface area contributed by atoms with E-state index < -0.39 is 0 Å². The van der Waals surface area contributed by atoms with E-state index in [2.05, 4.69) is 19.9 Å². The first kappa shape index (κ1) is 14.0. The summed E-state index contributed by atoms with van der Waals surface area (Å²) < 4.78 is 11.7. The zero-order valence-corrected chi connectivity index (χ0v) is 12.9. The van der Waals surface area contributed by atoms with Crippen LogP contribution in [0.5, 0.6) is 11.5 Å². The van der Waals surface area contributed by atoms with Gasteiger partial charge >= 0.3 is 0 Å². The normalized spacial score (nSPS) is 21.2. The average molecular weight is 296 g/mol. The number of hydrogen-bond acceptors (Lipinski definition) is 3. The summed E-state index contributed by atoms with van der Waals surface area (Å²) in [7, 11) is 0. The largest absolute Gasteiger partial charge is 0.489 e. The van der Waals surface area contributed by atoms with Gasteiger partial charge in [0.1, 0.15) is 0 Å². The Bertz CT molecular complexity index is 524. The molecule has 1 aliphatic carbocycles. The molecule has 0 spiro atoms. The first-order valence-corrected chi connectivity index (χ1v) is 7.85. The monoisotopic (exact) mass is 295 g/mol. The van der Waals surface area contributed by atoms with Crippen LogP contribution in [0.3, 0.4) is 0 Å². The third-order valence-corrected chi connectivity index (χ3v) is 4.91. The van der Waals surface area contributed by atoms with E-state index in [9.17, 15) is 0 Å². The highest BCUT2D eigenvalue weighted by atomic mass is 35.5. The Morgan fingerprint density at radius 3 is 2.50 bits per heavy atom. The highest BCUT2D eigenvalue weighted by Gasteiger charge is 2.49. The van der Waals surface area contributed by atoms with Crippen molar-refractivity contribution in [3.8, 4) is 11.5 Å². The summed E-state index contributed by atoms with van der Waals surface area (Å²) in [5, 5.41) is 0.654. The van der Waals surface area contributed by atoms with Gasteiger partial charge in [0, 0.05) is 23.4 Å². The fourth-order valence-corrected chi connectivity index (χ4v) is 3.49. The van der Waals surface area contributed by atoms with Crippen LogP contribution >= 0.6 is 11.6 Å². The number of ether oxygens (including phenoxy) is 2. The Kier molecular flexibility index (Phi) is 3.59. The highest BCUT2D eigenvalue weighted by molar-refractivity contribution is 6.32. The maximum Gasteiger partial charge on any atom is 0.180 e. The quantitative estimate of drug-likeness (QED) is 0.929. The molecular formula is C16H22ClNO2. The zero-order valence-electron chi connectivity index (χ0n) is 12.2. The Morgan fingerprint density at radius 1 is 1.30 bits per heavy atom. The fraction of sp³-hybridized carbons (Fsp3) is 0.625. The topological polar surface area (TPSA) is 44.5 Å². The van der Waals surface area contributed by atoms with Gasteiger partial charge in [-0.2, -0.15) is 0 Å². The lowest BCUT2D eigenvalue weighted by molar-refractivity contribution is 0.296. The summed E-state index contributed by atoms with van der Waals surface area (Å²) in [6.07, 6.45) is 4.07. The highest BCUT2D eigenvalue weighted by Crippen LogP contribution is 2.55. The van der Waals surface area contributed by atoms with Gasteiger partial charge in [-0.3, -0.25) is 0 Å². The molecule has 1 aromatic rings. The summed E-state index contributed by atoms with van der Waals surface area (Å²) in [5.74, 6) is 1.56. The smallest absolute Gasteiger partial charge is 0.180 e. The van der Waals surface area contributed by atoms with Crippen LogP contribution in [0.25, 0.3) is 0 Å². The molecule has 0 bridgehead atoms. The van der Waals surface area contributed by atoms with Crippen molar-refractivity contribution in [2.24, 2.45) is 5.73 Å². The van der Waals surface area contributed by atoms with Crippen molar-refractivity contribution in [1.82, 2.24) is 0 Å². The predicted molar refractivity (Wildman–Crippen MR) is 81.0 cm³/mol. The van der Waals surface area contributed by atoms with Crippen LogP contribution < -0.4 is 15.2 Å². The van der Waals surface area contributed by atoms with Crippen molar-refractivity contribution in [2.75, 3.05) is 13.2 Å². The summed E-state index contributed by atoms with van der Waals surface area (Å²) in [6, 6.07) is 2.19. The molecule has 1 unspecified atom stereocenters. The van der Waals surface area contributed by atoms with E-state index in [-0.39, 0.29) is 11.5 Å². The first-order chi connectivity index (χ1) is 9.60. The Hall–Kier alpha value is -0.930. The molecule has 1 saturated carbocycles. The lowest BCUT2D eigenvalue weighted by atomic mass is 9.84. The molecule has 1 aliphatic heterocycles. The van der Waals surface area contributed by atoms with Crippen molar-refractivity contribution in [3.05, 3.63) is 22.2 Å². The molecule has 2 N–H and O–H groups in total. The number of hydrogen-bond donors (Lipinski definition) is 1. The number of fused-ring (bicyclic) bond motifs is 1. The molecule has 1 heterocycles. The molecule has 1 atom stereocenters. The zero-order chi connectivity index (χ0) is 14.3. The van der Waals surface area contributed by atoms with E-state index >= 15 is 0 Å². The maximum atomic E-state index is 6.44. The molecule has 0 aromatic heterocycles. The van der Waals surface area contributed by atoms with Gasteiger partial charge in [-0.15, -0.1) is 0 Å². The van der Waals surface area contributed by atoms with Gasteiger partial charge in [0.2, 0.25) is 0 Å². The standard InChI is InChI=1S/C16H22ClNO2/c1-3-11-12(16(5-6-16)10(2)18)9-13(17)15-14(11)19-7-4-8-20-15/h9-10H,3-8,18H2,1-2H3. The van der Waals surface area contributed by atoms with Gasteiger partial charge in [-0.1, -0.05) is 18.5 Å². The van der Waals surface area contributed by atoms with Crippen molar-refractivity contribution < 1.29 is 9.47 Å². The second-order valence-electron chi connectivity index (χ2n) is 5.89. The minimum Gasteiger partial charge on any atom is -0.489 e. The molecule has 3 rings (SSSR count). The van der Waals surface area contributed by atoms with E-state index in [1.54, 1.807) is 0 Å². The van der Waals surface area contributed by atoms with Gasteiger partial charge in [0.05, 0.1) is 18.2 Å². The van der Waals surface area contributed by atoms with Crippen LogP contribution in [-0.4, -0.2) is 19.3 Å². The Balaban J connectivity index is 2.17. The molecule has 0 amide bonds. The SMILES string of the molecule is CCc1c(C2(C(C)N)CC2)cc(Cl)c2c1OCCCO2. The molecule has 20 heavy (non-hydrogen) atoms. The van der Waals surface area contributed by atoms with E-state index in [1.807, 2.05) is 0 Å². The third kappa shape index (κ3) is 2.08. The van der Waals surface area contributed by atoms with Gasteiger partial charge in [-0.25, -0.2) is 0 Å². The molecule has 3 nitrogen and oxygen atoms in total. The Morgan fingerprint density at radius 2 is 1.95 bits per heavy atom. The lowest BCUT2D eigenvalue weighted by Gasteiger charge is -2.26. The Labute approximate surface area is 125 Å². The van der Waals surface area contributed by atoms with Crippen molar-refractivity contribution in [3.63, 3.8) is 0 Å². The van der Waals surface area contributed by atoms with Gasteiger partial charge in [0.15, 0.2) is 11.5 Å². The van der Waals surface area contributed by atoms with Crippen LogP contribution in [0, 0.1) is 0 Å². The molecule has 0 saturated heterocycles. The van der Waals surface area contributed by atoms with Crippen LogP contribution in [-0.2, 0) is 11.8 Å². The summed E-state index contributed by atoms with van der Waals surface area (Å²) in [5.41, 5.74) is 8.80. The molecule has 110 valence electrons. The van der Waals surface area contributed by atoms with Gasteiger partial charge in [-0.05, 0) is 37.8 Å². The number of nitrogens with two attached hydrogens (primary N) is 1. The number of benzene rings is 1. The minimum absolute atomic E-state index is 0.0830. The second-order valence-corrected chi connectivity index (χ2v) is 6.30. The van der Waals surface area contributed by atoms with Crippen LogP contribution in [0.1, 0.15) is 44.2 Å². The molecule has 0 radical (unpaired) electrons. The molecule has 4 heteroatoms. The van der Waals surface area contributed by atoms with Crippen LogP contribution in [0.4, 0.5) is 0 Å². The van der Waals surface area contributed by atoms with E-state index in [0.29, 0.717) is 24.0 Å². The summed E-state index contributed by atoms with van der Waals surface area (Å²) >= 11 is 6.44. The average Bonchev–Trinajstić information content (AvgIpc) is 3.23. The number of halogens is 1. The van der Waals surface area contributed by atoms with Crippen molar-refractivity contribution in [1.29, 1.82) is 0 Å². The van der Waals surface area contributed by atoms with E-state index in [4.69, 9.17) is 26.8 Å². The van der Waals surface area contributed by atoms with E-state index in [0.717, 1.165) is 31.4 Å². The van der Waals surface area contributed by atoms with E-state index in [1.165, 1.54) is 11.1 Å². The minimum atomic E-state index is 0.0830. The van der Waals surface area contributed by atoms with Gasteiger partial charge in [0.25, 0.3) is 0 Å². The second kappa shape index (κ2) is 5.12.